The number of fused-ring (bicyclic) bond motifs is 2. The maximum atomic E-state index is 11.2. The molecule has 1 aliphatic heterocycles. The first-order chi connectivity index (χ1) is 5.24. The van der Waals surface area contributed by atoms with Crippen LogP contribution in [-0.4, -0.2) is 30.8 Å². The molecule has 0 aromatic heterocycles. The zero-order valence-electron chi connectivity index (χ0n) is 7.05. The molecule has 2 nitrogen and oxygen atoms in total. The minimum absolute atomic E-state index is 0.499. The Hall–Kier alpha value is -0.370. The van der Waals surface area contributed by atoms with E-state index in [-0.39, 0.29) is 0 Å². The predicted octanol–water partition coefficient (Wildman–Crippen LogP) is 0.917. The first-order valence-corrected chi connectivity index (χ1v) is 4.44. The number of carbonyl (C=O) groups excluding carboxylic acids is 1. The van der Waals surface area contributed by atoms with E-state index in [2.05, 4.69) is 11.9 Å². The number of Topliss-reactive ketones (excluding diaryl/α,β-unsaturated/α-hetero) is 1. The Labute approximate surface area is 67.6 Å². The van der Waals surface area contributed by atoms with E-state index < -0.39 is 0 Å². The van der Waals surface area contributed by atoms with Crippen LogP contribution in [0.4, 0.5) is 0 Å². The Kier molecular flexibility index (Phi) is 1.72. The maximum absolute atomic E-state index is 11.2. The van der Waals surface area contributed by atoms with Gasteiger partial charge in [0.15, 0.2) is 0 Å². The highest BCUT2D eigenvalue weighted by Gasteiger charge is 2.32. The molecule has 2 heteroatoms. The molecule has 11 heavy (non-hydrogen) atoms. The highest BCUT2D eigenvalue weighted by atomic mass is 16.1. The molecule has 0 radical (unpaired) electrons. The van der Waals surface area contributed by atoms with E-state index in [4.69, 9.17) is 0 Å². The van der Waals surface area contributed by atoms with Gasteiger partial charge in [-0.25, -0.2) is 0 Å². The summed E-state index contributed by atoms with van der Waals surface area (Å²) in [6.07, 6.45) is 3.00. The zero-order chi connectivity index (χ0) is 7.84. The molecule has 2 unspecified atom stereocenters. The number of carbonyl (C=O) groups is 1. The van der Waals surface area contributed by atoms with Crippen molar-refractivity contribution in [3.63, 3.8) is 0 Å². The summed E-state index contributed by atoms with van der Waals surface area (Å²) in [6, 6.07) is 0. The number of nitrogens with zero attached hydrogens (tertiary/aromatic N) is 1. The fourth-order valence-corrected chi connectivity index (χ4v) is 2.60. The third-order valence-corrected chi connectivity index (χ3v) is 2.84. The van der Waals surface area contributed by atoms with Crippen LogP contribution in [0.5, 0.6) is 0 Å². The largest absolute Gasteiger partial charge is 0.306 e. The molecule has 2 fully saturated rings. The van der Waals surface area contributed by atoms with E-state index in [0.29, 0.717) is 17.6 Å². The highest BCUT2D eigenvalue weighted by Crippen LogP contribution is 2.31. The van der Waals surface area contributed by atoms with Gasteiger partial charge in [0, 0.05) is 25.9 Å². The summed E-state index contributed by atoms with van der Waals surface area (Å²) in [4.78, 5) is 13.5. The van der Waals surface area contributed by atoms with Crippen molar-refractivity contribution >= 4 is 5.78 Å². The number of rotatable bonds is 0. The molecule has 1 saturated heterocycles. The Morgan fingerprint density at radius 2 is 1.82 bits per heavy atom. The Morgan fingerprint density at radius 1 is 1.27 bits per heavy atom. The minimum atomic E-state index is 0.499. The quantitative estimate of drug-likeness (QED) is 0.515. The fraction of sp³-hybridized carbons (Fsp3) is 0.889. The van der Waals surface area contributed by atoms with Crippen LogP contribution in [0.2, 0.25) is 0 Å². The van der Waals surface area contributed by atoms with Crippen molar-refractivity contribution < 1.29 is 4.79 Å². The molecule has 2 atom stereocenters. The van der Waals surface area contributed by atoms with Crippen molar-refractivity contribution in [1.82, 2.24) is 4.90 Å². The molecule has 0 amide bonds. The van der Waals surface area contributed by atoms with E-state index in [1.54, 1.807) is 0 Å². The van der Waals surface area contributed by atoms with Gasteiger partial charge in [-0.3, -0.25) is 4.79 Å². The molecular formula is C9H15NO. The van der Waals surface area contributed by atoms with E-state index in [9.17, 15) is 4.79 Å². The van der Waals surface area contributed by atoms with Gasteiger partial charge in [0.05, 0.1) is 0 Å². The van der Waals surface area contributed by atoms with Crippen molar-refractivity contribution in [2.75, 3.05) is 20.1 Å². The smallest absolute Gasteiger partial charge is 0.133 e. The average molecular weight is 153 g/mol. The molecule has 1 heterocycles. The Balaban J connectivity index is 2.05. The molecule has 62 valence electrons. The molecule has 0 spiro atoms. The molecule has 2 rings (SSSR count). The molecule has 2 bridgehead atoms. The van der Waals surface area contributed by atoms with E-state index in [1.165, 1.54) is 6.42 Å². The van der Waals surface area contributed by atoms with Crippen LogP contribution in [0.3, 0.4) is 0 Å². The molecular weight excluding hydrogens is 138 g/mol. The third kappa shape index (κ3) is 1.45. The predicted molar refractivity (Wildman–Crippen MR) is 43.3 cm³/mol. The van der Waals surface area contributed by atoms with Gasteiger partial charge in [-0.15, -0.1) is 0 Å². The monoisotopic (exact) mass is 153 g/mol. The second kappa shape index (κ2) is 2.59. The Morgan fingerprint density at radius 3 is 2.36 bits per heavy atom. The molecule has 1 saturated carbocycles. The fourth-order valence-electron chi connectivity index (χ4n) is 2.60. The summed E-state index contributed by atoms with van der Waals surface area (Å²) in [5, 5.41) is 0. The summed E-state index contributed by atoms with van der Waals surface area (Å²) in [7, 11) is 2.16. The SMILES string of the molecule is CN1CC2CC(=O)CC(C2)C1. The van der Waals surface area contributed by atoms with Gasteiger partial charge in [0.25, 0.3) is 0 Å². The summed E-state index contributed by atoms with van der Waals surface area (Å²) < 4.78 is 0. The van der Waals surface area contributed by atoms with E-state index in [1.807, 2.05) is 0 Å². The lowest BCUT2D eigenvalue weighted by Crippen LogP contribution is -2.42. The summed E-state index contributed by atoms with van der Waals surface area (Å²) in [5.41, 5.74) is 0. The van der Waals surface area contributed by atoms with Crippen molar-refractivity contribution in [2.24, 2.45) is 11.8 Å². The maximum Gasteiger partial charge on any atom is 0.133 e. The number of piperidine rings is 1. The molecule has 1 aliphatic carbocycles. The van der Waals surface area contributed by atoms with Gasteiger partial charge < -0.3 is 4.90 Å². The summed E-state index contributed by atoms with van der Waals surface area (Å²) in [6.45, 7) is 2.28. The van der Waals surface area contributed by atoms with Crippen LogP contribution >= 0.6 is 0 Å². The normalized spacial score (nSPS) is 39.2. The lowest BCUT2D eigenvalue weighted by atomic mass is 9.77. The van der Waals surface area contributed by atoms with Crippen molar-refractivity contribution in [1.29, 1.82) is 0 Å². The van der Waals surface area contributed by atoms with Gasteiger partial charge in [-0.1, -0.05) is 0 Å². The molecule has 0 aromatic carbocycles. The molecule has 2 aliphatic rings. The van der Waals surface area contributed by atoms with Crippen LogP contribution in [0.1, 0.15) is 19.3 Å². The standard InChI is InChI=1S/C9H15NO/c1-10-5-7-2-8(6-10)4-9(11)3-7/h7-8H,2-6H2,1H3. The highest BCUT2D eigenvalue weighted by molar-refractivity contribution is 5.79. The second-order valence-electron chi connectivity index (χ2n) is 4.14. The first-order valence-electron chi connectivity index (χ1n) is 4.44. The third-order valence-electron chi connectivity index (χ3n) is 2.84. The zero-order valence-corrected chi connectivity index (χ0v) is 7.05. The van der Waals surface area contributed by atoms with Gasteiger partial charge >= 0.3 is 0 Å². The van der Waals surface area contributed by atoms with Crippen molar-refractivity contribution in [2.45, 2.75) is 19.3 Å². The van der Waals surface area contributed by atoms with Crippen molar-refractivity contribution in [3.05, 3.63) is 0 Å². The topological polar surface area (TPSA) is 20.3 Å². The molecule has 0 N–H and O–H groups in total. The van der Waals surface area contributed by atoms with Crippen LogP contribution in [0, 0.1) is 11.8 Å². The number of ketones is 1. The minimum Gasteiger partial charge on any atom is -0.306 e. The Bertz CT molecular complexity index is 158. The van der Waals surface area contributed by atoms with Gasteiger partial charge in [-0.05, 0) is 25.3 Å². The number of hydrogen-bond acceptors (Lipinski definition) is 2. The summed E-state index contributed by atoms with van der Waals surface area (Å²) in [5.74, 6) is 1.86. The first kappa shape index (κ1) is 7.29. The molecule has 0 aromatic rings. The second-order valence-corrected chi connectivity index (χ2v) is 4.14. The lowest BCUT2D eigenvalue weighted by molar-refractivity contribution is -0.124. The van der Waals surface area contributed by atoms with E-state index in [0.717, 1.165) is 25.9 Å². The number of hydrogen-bond donors (Lipinski definition) is 0. The summed E-state index contributed by atoms with van der Waals surface area (Å²) >= 11 is 0. The van der Waals surface area contributed by atoms with Gasteiger partial charge in [0.1, 0.15) is 5.78 Å². The van der Waals surface area contributed by atoms with Crippen LogP contribution in [0.25, 0.3) is 0 Å². The van der Waals surface area contributed by atoms with Crippen LogP contribution in [-0.2, 0) is 4.79 Å². The number of likely N-dealkylation sites (tertiary alicyclic amines) is 1. The van der Waals surface area contributed by atoms with Crippen molar-refractivity contribution in [3.8, 4) is 0 Å². The lowest BCUT2D eigenvalue weighted by Gasteiger charge is -2.38. The van der Waals surface area contributed by atoms with Gasteiger partial charge in [0.2, 0.25) is 0 Å². The average Bonchev–Trinajstić information content (AvgIpc) is 1.82. The van der Waals surface area contributed by atoms with E-state index >= 15 is 0 Å². The van der Waals surface area contributed by atoms with Gasteiger partial charge in [-0.2, -0.15) is 0 Å². The van der Waals surface area contributed by atoms with Crippen LogP contribution < -0.4 is 0 Å². The van der Waals surface area contributed by atoms with Crippen LogP contribution in [0.15, 0.2) is 0 Å².